The molecule has 33 heavy (non-hydrogen) atoms. The molecule has 0 radical (unpaired) electrons. The molecule has 0 aromatic heterocycles. The topological polar surface area (TPSA) is 92.8 Å². The lowest BCUT2D eigenvalue weighted by molar-refractivity contribution is -0.122. The number of ketones is 1. The highest BCUT2D eigenvalue weighted by Gasteiger charge is 2.35. The smallest absolute Gasteiger partial charge is 0.267 e. The summed E-state index contributed by atoms with van der Waals surface area (Å²) in [7, 11) is -3.66. The van der Waals surface area contributed by atoms with Gasteiger partial charge in [0.2, 0.25) is 10.0 Å². The van der Waals surface area contributed by atoms with Gasteiger partial charge < -0.3 is 10.1 Å². The Hall–Kier alpha value is -3.36. The minimum absolute atomic E-state index is 0.198. The summed E-state index contributed by atoms with van der Waals surface area (Å²) < 4.78 is 31.8. The van der Waals surface area contributed by atoms with Gasteiger partial charge in [-0.3, -0.25) is 13.9 Å². The normalized spacial score (nSPS) is 15.4. The van der Waals surface area contributed by atoms with Crippen LogP contribution < -0.4 is 14.4 Å². The summed E-state index contributed by atoms with van der Waals surface area (Å²) in [6.07, 6.45) is -0.0415. The Morgan fingerprint density at radius 2 is 1.79 bits per heavy atom. The Morgan fingerprint density at radius 1 is 1.06 bits per heavy atom. The number of hydrogen-bond acceptors (Lipinski definition) is 5. The van der Waals surface area contributed by atoms with Crippen molar-refractivity contribution in [1.82, 2.24) is 0 Å². The molecule has 170 valence electrons. The minimum Gasteiger partial charge on any atom is -0.476 e. The number of nitrogens with one attached hydrogen (secondary N) is 1. The van der Waals surface area contributed by atoms with Gasteiger partial charge in [0.25, 0.3) is 5.91 Å². The van der Waals surface area contributed by atoms with Crippen LogP contribution in [0.2, 0.25) is 5.02 Å². The van der Waals surface area contributed by atoms with Gasteiger partial charge in [0.05, 0.1) is 24.2 Å². The third-order valence-electron chi connectivity index (χ3n) is 5.20. The molecule has 4 rings (SSSR count). The van der Waals surface area contributed by atoms with Gasteiger partial charge in [0, 0.05) is 16.1 Å². The molecule has 3 aromatic rings. The third-order valence-corrected chi connectivity index (χ3v) is 6.58. The van der Waals surface area contributed by atoms with E-state index in [1.54, 1.807) is 54.6 Å². The Labute approximate surface area is 197 Å². The molecule has 1 atom stereocenters. The van der Waals surface area contributed by atoms with Crippen molar-refractivity contribution in [3.8, 4) is 5.75 Å². The average molecular weight is 485 g/mol. The molecule has 3 aromatic carbocycles. The van der Waals surface area contributed by atoms with E-state index >= 15 is 0 Å². The first kappa shape index (κ1) is 22.8. The fraction of sp³-hybridized carbons (Fsp3) is 0.167. The van der Waals surface area contributed by atoms with Crippen LogP contribution in [0.25, 0.3) is 0 Å². The maximum Gasteiger partial charge on any atom is 0.267 e. The lowest BCUT2D eigenvalue weighted by atomic mass is 10.0. The molecule has 1 aliphatic heterocycles. The Balaban J connectivity index is 1.64. The molecule has 1 N–H and O–H groups in total. The standard InChI is InChI=1S/C24H21ClN2O5S/c1-15-8-11-21-20(12-15)27(33(2,30)31)14-22(32-21)24(29)26-19-10-9-17(25)13-18(19)23(28)16-6-4-3-5-7-16/h3-13,22H,14H2,1-2H3,(H,26,29). The maximum atomic E-state index is 13.1. The third kappa shape index (κ3) is 4.86. The number of anilines is 2. The summed E-state index contributed by atoms with van der Waals surface area (Å²) in [5.74, 6) is -0.607. The number of nitrogens with zero attached hydrogens (tertiary/aromatic N) is 1. The van der Waals surface area contributed by atoms with Gasteiger partial charge in [-0.2, -0.15) is 0 Å². The zero-order valence-electron chi connectivity index (χ0n) is 17.9. The van der Waals surface area contributed by atoms with E-state index in [1.165, 1.54) is 12.1 Å². The van der Waals surface area contributed by atoms with Gasteiger partial charge in [-0.1, -0.05) is 48.0 Å². The van der Waals surface area contributed by atoms with Crippen LogP contribution >= 0.6 is 11.6 Å². The van der Waals surface area contributed by atoms with E-state index in [4.69, 9.17) is 16.3 Å². The highest BCUT2D eigenvalue weighted by Crippen LogP contribution is 2.36. The molecular weight excluding hydrogens is 464 g/mol. The molecule has 7 nitrogen and oxygen atoms in total. The molecule has 1 heterocycles. The molecule has 0 saturated heterocycles. The zero-order valence-corrected chi connectivity index (χ0v) is 19.5. The molecule has 1 aliphatic rings. The van der Waals surface area contributed by atoms with Crippen LogP contribution in [0.3, 0.4) is 0 Å². The highest BCUT2D eigenvalue weighted by atomic mass is 35.5. The average Bonchev–Trinajstić information content (AvgIpc) is 2.78. The number of rotatable bonds is 5. The summed E-state index contributed by atoms with van der Waals surface area (Å²) in [6, 6.07) is 18.3. The SMILES string of the molecule is Cc1ccc2c(c1)N(S(C)(=O)=O)CC(C(=O)Nc1ccc(Cl)cc1C(=O)c1ccccc1)O2. The second-order valence-corrected chi connectivity index (χ2v) is 10.1. The van der Waals surface area contributed by atoms with E-state index < -0.39 is 22.0 Å². The predicted octanol–water partition coefficient (Wildman–Crippen LogP) is 4.05. The molecule has 0 bridgehead atoms. The van der Waals surface area contributed by atoms with Crippen LogP contribution in [0.4, 0.5) is 11.4 Å². The number of carbonyl (C=O) groups is 2. The number of ether oxygens (including phenoxy) is 1. The van der Waals surface area contributed by atoms with E-state index in [0.717, 1.165) is 16.1 Å². The first-order valence-electron chi connectivity index (χ1n) is 10.1. The molecule has 0 saturated carbocycles. The van der Waals surface area contributed by atoms with Gasteiger partial charge in [0.15, 0.2) is 11.9 Å². The van der Waals surface area contributed by atoms with Crippen molar-refractivity contribution in [2.45, 2.75) is 13.0 Å². The fourth-order valence-corrected chi connectivity index (χ4v) is 4.66. The number of carbonyl (C=O) groups excluding carboxylic acids is 2. The van der Waals surface area contributed by atoms with Crippen molar-refractivity contribution in [1.29, 1.82) is 0 Å². The maximum absolute atomic E-state index is 13.1. The number of sulfonamides is 1. The van der Waals surface area contributed by atoms with E-state index in [1.807, 2.05) is 6.92 Å². The van der Waals surface area contributed by atoms with Gasteiger partial charge in [-0.05, 0) is 42.8 Å². The number of benzene rings is 3. The minimum atomic E-state index is -3.66. The monoisotopic (exact) mass is 484 g/mol. The van der Waals surface area contributed by atoms with Crippen LogP contribution in [0.1, 0.15) is 21.5 Å². The van der Waals surface area contributed by atoms with E-state index in [0.29, 0.717) is 16.3 Å². The van der Waals surface area contributed by atoms with Crippen LogP contribution in [0.5, 0.6) is 5.75 Å². The van der Waals surface area contributed by atoms with Gasteiger partial charge >= 0.3 is 0 Å². The number of halogens is 1. The first-order chi connectivity index (χ1) is 15.6. The highest BCUT2D eigenvalue weighted by molar-refractivity contribution is 7.92. The molecule has 1 unspecified atom stereocenters. The van der Waals surface area contributed by atoms with Crippen LogP contribution in [0, 0.1) is 6.92 Å². The van der Waals surface area contributed by atoms with Crippen LogP contribution in [-0.4, -0.2) is 39.0 Å². The number of fused-ring (bicyclic) bond motifs is 1. The van der Waals surface area contributed by atoms with E-state index in [9.17, 15) is 18.0 Å². The lowest BCUT2D eigenvalue weighted by Crippen LogP contribution is -2.48. The quantitative estimate of drug-likeness (QED) is 0.551. The van der Waals surface area contributed by atoms with Crippen molar-refractivity contribution < 1.29 is 22.7 Å². The van der Waals surface area contributed by atoms with Gasteiger partial charge in [-0.25, -0.2) is 8.42 Å². The Morgan fingerprint density at radius 3 is 2.48 bits per heavy atom. The molecular formula is C24H21ClN2O5S. The largest absolute Gasteiger partial charge is 0.476 e. The van der Waals surface area contributed by atoms with E-state index in [-0.39, 0.29) is 29.3 Å². The van der Waals surface area contributed by atoms with Crippen molar-refractivity contribution in [3.05, 3.63) is 88.4 Å². The van der Waals surface area contributed by atoms with Crippen LogP contribution in [0.15, 0.2) is 66.7 Å². The summed E-state index contributed by atoms with van der Waals surface area (Å²) >= 11 is 6.11. The summed E-state index contributed by atoms with van der Waals surface area (Å²) in [5, 5.41) is 3.05. The van der Waals surface area contributed by atoms with Crippen molar-refractivity contribution in [2.24, 2.45) is 0 Å². The lowest BCUT2D eigenvalue weighted by Gasteiger charge is -2.34. The fourth-order valence-electron chi connectivity index (χ4n) is 3.58. The number of aryl methyl sites for hydroxylation is 1. The second kappa shape index (κ2) is 8.88. The van der Waals surface area contributed by atoms with E-state index in [2.05, 4.69) is 5.32 Å². The molecule has 0 spiro atoms. The number of amides is 1. The summed E-state index contributed by atoms with van der Waals surface area (Å²) in [6.45, 7) is 1.64. The molecule has 0 fully saturated rings. The van der Waals surface area contributed by atoms with Crippen molar-refractivity contribution >= 4 is 44.7 Å². The Bertz CT molecular complexity index is 1340. The second-order valence-electron chi connectivity index (χ2n) is 7.75. The molecule has 9 heteroatoms. The molecule has 0 aliphatic carbocycles. The van der Waals surface area contributed by atoms with Crippen LogP contribution in [-0.2, 0) is 14.8 Å². The summed E-state index contributed by atoms with van der Waals surface area (Å²) in [4.78, 5) is 26.1. The number of hydrogen-bond donors (Lipinski definition) is 1. The Kier molecular flexibility index (Phi) is 6.14. The first-order valence-corrected chi connectivity index (χ1v) is 12.3. The molecule has 1 amide bonds. The summed E-state index contributed by atoms with van der Waals surface area (Å²) in [5.41, 5.74) is 2.15. The predicted molar refractivity (Wildman–Crippen MR) is 128 cm³/mol. The van der Waals surface area contributed by atoms with Crippen molar-refractivity contribution in [2.75, 3.05) is 22.4 Å². The van der Waals surface area contributed by atoms with Crippen molar-refractivity contribution in [3.63, 3.8) is 0 Å². The van der Waals surface area contributed by atoms with Gasteiger partial charge in [-0.15, -0.1) is 0 Å². The van der Waals surface area contributed by atoms with Gasteiger partial charge in [0.1, 0.15) is 5.75 Å². The zero-order chi connectivity index (χ0) is 23.8.